The smallest absolute Gasteiger partial charge is 0.410 e. The minimum Gasteiger partial charge on any atom is -0.465 e. The van der Waals surface area contributed by atoms with Crippen LogP contribution in [-0.2, 0) is 48.5 Å². The van der Waals surface area contributed by atoms with E-state index in [2.05, 4.69) is 20.1 Å². The molecule has 28 nitrogen and oxygen atoms in total. The van der Waals surface area contributed by atoms with E-state index in [1.807, 2.05) is 0 Å². The third-order valence-electron chi connectivity index (χ3n) is 11.4. The Kier molecular flexibility index (Phi) is 17.9. The van der Waals surface area contributed by atoms with Crippen molar-refractivity contribution in [2.75, 3.05) is 20.2 Å². The summed E-state index contributed by atoms with van der Waals surface area (Å²) < 4.78 is 94.6. The summed E-state index contributed by atoms with van der Waals surface area (Å²) in [5.41, 5.74) is -5.64. The zero-order chi connectivity index (χ0) is 53.9. The second kappa shape index (κ2) is 22.4. The van der Waals surface area contributed by atoms with Gasteiger partial charge in [-0.15, -0.1) is 0 Å². The van der Waals surface area contributed by atoms with Crippen LogP contribution < -0.4 is 20.1 Å². The van der Waals surface area contributed by atoms with E-state index in [9.17, 15) is 71.9 Å². The van der Waals surface area contributed by atoms with Crippen molar-refractivity contribution in [1.82, 2.24) is 25.0 Å². The number of para-hydroxylation sites is 2. The molecular weight excluding hydrogens is 1000 g/mol. The number of carbonyl (C=O) groups is 3. The first-order valence-corrected chi connectivity index (χ1v) is 25.3. The molecule has 2 aromatic rings. The number of nitro groups is 2. The third-order valence-corrected chi connectivity index (χ3v) is 14.4. The zero-order valence-corrected chi connectivity index (χ0v) is 42.0. The Morgan fingerprint density at radius 2 is 1.31 bits per heavy atom. The van der Waals surface area contributed by atoms with Crippen molar-refractivity contribution in [2.24, 2.45) is 0 Å². The molecule has 3 amide bonds. The highest BCUT2D eigenvalue weighted by Gasteiger charge is 2.55. The summed E-state index contributed by atoms with van der Waals surface area (Å²) in [6.45, 7) is 9.39. The van der Waals surface area contributed by atoms with Crippen LogP contribution in [0, 0.1) is 20.2 Å². The van der Waals surface area contributed by atoms with Crippen LogP contribution in [0.3, 0.4) is 0 Å². The van der Waals surface area contributed by atoms with E-state index < -0.39 is 173 Å². The lowest BCUT2D eigenvalue weighted by molar-refractivity contribution is -0.388. The number of hydrogen-bond donors (Lipinski definition) is 8. The molecule has 3 fully saturated rings. The van der Waals surface area contributed by atoms with E-state index in [1.54, 1.807) is 20.8 Å². The van der Waals surface area contributed by atoms with Gasteiger partial charge < -0.3 is 64.4 Å². The van der Waals surface area contributed by atoms with Crippen LogP contribution in [0.15, 0.2) is 58.3 Å². The van der Waals surface area contributed by atoms with Crippen LogP contribution in [0.4, 0.5) is 25.8 Å². The first kappa shape index (κ1) is 57.5. The van der Waals surface area contributed by atoms with E-state index in [-0.39, 0.29) is 12.8 Å². The van der Waals surface area contributed by atoms with E-state index >= 15 is 0 Å². The first-order chi connectivity index (χ1) is 33.2. The maximum atomic E-state index is 14.0. The standard InChI is InChI=1S/C42H61N7O21S2/c1-40(2,3)69-38(54)45-25-19-24(44-37(52)53)32(68-36-31(51)34(42(7,56)21-65-36)47(8)39(55)70-41(4,5)6)30(50)33(25)67-35-23(46-72(63,64)29-16-12-10-14-27(29)49(59)60)18-17-22(66-35)20-43-71(61,62)28-15-11-9-13-26(28)48(57)58/h9-16,22-25,30-36,43-44,46,50-51,56H,17-21H2,1-8H3,(H,45,54)(H,52,53)/t22-,23+,24+,25-,30+,31+,32-,33+,34+,35+,36+,42-/m0/s1. The monoisotopic (exact) mass is 1060 g/mol. The van der Waals surface area contributed by atoms with Gasteiger partial charge in [-0.3, -0.25) is 20.2 Å². The van der Waals surface area contributed by atoms with Gasteiger partial charge in [0.1, 0.15) is 41.2 Å². The Morgan fingerprint density at radius 1 is 0.792 bits per heavy atom. The zero-order valence-electron chi connectivity index (χ0n) is 40.4. The Morgan fingerprint density at radius 3 is 1.83 bits per heavy atom. The lowest BCUT2D eigenvalue weighted by Gasteiger charge is -2.50. The molecule has 402 valence electrons. The molecule has 0 spiro atoms. The van der Waals surface area contributed by atoms with Crippen molar-refractivity contribution < 1.29 is 89.9 Å². The maximum absolute atomic E-state index is 14.0. The van der Waals surface area contributed by atoms with Crippen molar-refractivity contribution in [3.63, 3.8) is 0 Å². The molecule has 2 aromatic carbocycles. The highest BCUT2D eigenvalue weighted by atomic mass is 32.2. The van der Waals surface area contributed by atoms with Gasteiger partial charge in [0.15, 0.2) is 22.4 Å². The number of nitrogens with one attached hydrogen (secondary N) is 4. The lowest BCUT2D eigenvalue weighted by Crippen LogP contribution is -2.70. The lowest BCUT2D eigenvalue weighted by atomic mass is 9.83. The fourth-order valence-electron chi connectivity index (χ4n) is 8.39. The maximum Gasteiger partial charge on any atom is 0.410 e. The van der Waals surface area contributed by atoms with Gasteiger partial charge in [0, 0.05) is 25.7 Å². The number of ether oxygens (including phenoxy) is 6. The molecule has 1 saturated carbocycles. The minimum atomic E-state index is -4.86. The van der Waals surface area contributed by atoms with Crippen molar-refractivity contribution in [1.29, 1.82) is 0 Å². The normalized spacial score (nSPS) is 29.3. The molecule has 0 bridgehead atoms. The highest BCUT2D eigenvalue weighted by molar-refractivity contribution is 7.90. The second-order valence-corrected chi connectivity index (χ2v) is 23.0. The Labute approximate surface area is 414 Å². The number of alkyl carbamates (subject to hydrolysis) is 1. The van der Waals surface area contributed by atoms with Crippen LogP contribution in [0.5, 0.6) is 0 Å². The molecule has 3 aliphatic rings. The van der Waals surface area contributed by atoms with Crippen LogP contribution >= 0.6 is 0 Å². The highest BCUT2D eigenvalue weighted by Crippen LogP contribution is 2.36. The molecule has 0 radical (unpaired) electrons. The predicted molar refractivity (Wildman–Crippen MR) is 246 cm³/mol. The van der Waals surface area contributed by atoms with Gasteiger partial charge in [-0.2, -0.15) is 0 Å². The number of aliphatic hydroxyl groups is 3. The number of hydrogen-bond acceptors (Lipinski definition) is 20. The topological polar surface area (TPSA) is 393 Å². The minimum absolute atomic E-state index is 0.161. The number of sulfonamides is 2. The summed E-state index contributed by atoms with van der Waals surface area (Å²) >= 11 is 0. The number of likely N-dealkylation sites (N-methyl/N-ethyl adjacent to an activating group) is 1. The Hall–Kier alpha value is -5.41. The summed E-state index contributed by atoms with van der Waals surface area (Å²) in [5, 5.41) is 73.8. The first-order valence-electron chi connectivity index (χ1n) is 22.3. The molecule has 0 unspecified atom stereocenters. The number of nitrogens with zero attached hydrogens (tertiary/aromatic N) is 3. The second-order valence-electron chi connectivity index (χ2n) is 19.5. The van der Waals surface area contributed by atoms with Crippen molar-refractivity contribution in [3.8, 4) is 0 Å². The molecule has 2 saturated heterocycles. The summed E-state index contributed by atoms with van der Waals surface area (Å²) in [4.78, 5) is 60.1. The van der Waals surface area contributed by atoms with E-state index in [4.69, 9.17) is 28.4 Å². The molecule has 2 heterocycles. The van der Waals surface area contributed by atoms with Gasteiger partial charge in [-0.05, 0) is 79.9 Å². The molecule has 12 atom stereocenters. The molecular formula is C42H61N7O21S2. The molecule has 8 N–H and O–H groups in total. The fraction of sp³-hybridized carbons (Fsp3) is 0.643. The van der Waals surface area contributed by atoms with Gasteiger partial charge >= 0.3 is 18.3 Å². The van der Waals surface area contributed by atoms with Crippen LogP contribution in [0.1, 0.15) is 67.7 Å². The van der Waals surface area contributed by atoms with Gasteiger partial charge in [-0.25, -0.2) is 40.7 Å². The van der Waals surface area contributed by atoms with E-state index in [0.29, 0.717) is 0 Å². The molecule has 5 rings (SSSR count). The Balaban J connectivity index is 1.55. The van der Waals surface area contributed by atoms with Crippen molar-refractivity contribution in [3.05, 3.63) is 68.8 Å². The largest absolute Gasteiger partial charge is 0.465 e. The average molecular weight is 1060 g/mol. The van der Waals surface area contributed by atoms with Crippen molar-refractivity contribution in [2.45, 2.75) is 162 Å². The number of nitro benzene ring substituents is 2. The predicted octanol–water partition coefficient (Wildman–Crippen LogP) is 1.40. The van der Waals surface area contributed by atoms with E-state index in [0.717, 1.165) is 29.2 Å². The Bertz CT molecular complexity index is 2540. The van der Waals surface area contributed by atoms with Gasteiger partial charge in [0.2, 0.25) is 20.0 Å². The van der Waals surface area contributed by atoms with Crippen molar-refractivity contribution >= 4 is 49.7 Å². The van der Waals surface area contributed by atoms with Crippen LogP contribution in [0.2, 0.25) is 0 Å². The molecule has 30 heteroatoms. The summed E-state index contributed by atoms with van der Waals surface area (Å²) in [6.07, 6.45) is -17.4. The van der Waals surface area contributed by atoms with Crippen LogP contribution in [0.25, 0.3) is 0 Å². The quantitative estimate of drug-likeness (QED) is 0.0870. The fourth-order valence-corrected chi connectivity index (χ4v) is 11.1. The molecule has 1 aliphatic carbocycles. The molecule has 72 heavy (non-hydrogen) atoms. The molecule has 0 aromatic heterocycles. The number of benzene rings is 2. The summed E-state index contributed by atoms with van der Waals surface area (Å²) in [7, 11) is -8.25. The third kappa shape index (κ3) is 14.4. The van der Waals surface area contributed by atoms with Gasteiger partial charge in [0.05, 0.1) is 46.7 Å². The molecule has 2 aliphatic heterocycles. The SMILES string of the molecule is CN(C(=O)OC(C)(C)C)[C@@H]1[C@@H](O)[C@@H](O[C@@H]2[C@@H](O)[C@H](O[C@H]3O[C@H](CNS(=O)(=O)c4ccccc4[N+](=O)[O-])CC[C@H]3NS(=O)(=O)c3ccccc3[N+](=O)[O-])[C@@H](NC(=O)OC(C)(C)C)C[C@H]2NC(=O)O)OC[C@]1(C)O. The van der Waals surface area contributed by atoms with Crippen LogP contribution in [-0.4, -0.2) is 175 Å². The van der Waals surface area contributed by atoms with E-state index in [1.165, 1.54) is 59.0 Å². The average Bonchev–Trinajstić information content (AvgIpc) is 3.25. The number of carboxylic acid groups (broad SMARTS) is 1. The van der Waals surface area contributed by atoms with Gasteiger partial charge in [0.25, 0.3) is 11.4 Å². The summed E-state index contributed by atoms with van der Waals surface area (Å²) in [6, 6.07) is 2.78. The number of aliphatic hydroxyl groups excluding tert-OH is 2. The number of rotatable bonds is 16. The van der Waals surface area contributed by atoms with Gasteiger partial charge in [-0.1, -0.05) is 24.3 Å². The summed E-state index contributed by atoms with van der Waals surface area (Å²) in [5.74, 6) is 0. The number of amides is 3. The number of carbonyl (C=O) groups excluding carboxylic acids is 2.